The van der Waals surface area contributed by atoms with E-state index in [2.05, 4.69) is 11.4 Å². The smallest absolute Gasteiger partial charge is 0.0991 e. The topological polar surface area (TPSA) is 56.0 Å². The van der Waals surface area contributed by atoms with E-state index < -0.39 is 0 Å². The lowest BCUT2D eigenvalue weighted by molar-refractivity contribution is 0.282. The molecule has 0 atom stereocenters. The first-order valence-corrected chi connectivity index (χ1v) is 10.7. The van der Waals surface area contributed by atoms with Gasteiger partial charge in [-0.2, -0.15) is 5.26 Å². The molecule has 0 amide bonds. The van der Waals surface area contributed by atoms with Crippen molar-refractivity contribution >= 4 is 5.69 Å². The summed E-state index contributed by atoms with van der Waals surface area (Å²) in [5, 5.41) is 20.9. The van der Waals surface area contributed by atoms with Crippen molar-refractivity contribution in [3.63, 3.8) is 0 Å². The third-order valence-electron chi connectivity index (χ3n) is 4.93. The van der Waals surface area contributed by atoms with Crippen LogP contribution in [0.15, 0.2) is 24.3 Å². The van der Waals surface area contributed by atoms with Crippen LogP contribution >= 0.6 is 0 Å². The van der Waals surface area contributed by atoms with Crippen molar-refractivity contribution in [1.82, 2.24) is 0 Å². The number of benzene rings is 1. The van der Waals surface area contributed by atoms with Crippen molar-refractivity contribution in [2.45, 2.75) is 89.9 Å². The Morgan fingerprint density at radius 2 is 1.08 bits per heavy atom. The van der Waals surface area contributed by atoms with E-state index in [4.69, 9.17) is 10.4 Å². The average Bonchev–Trinajstić information content (AvgIpc) is 2.68. The summed E-state index contributed by atoms with van der Waals surface area (Å²) in [7, 11) is 0. The van der Waals surface area contributed by atoms with Crippen LogP contribution in [0.5, 0.6) is 0 Å². The van der Waals surface area contributed by atoms with E-state index in [0.29, 0.717) is 12.2 Å². The Morgan fingerprint density at radius 1 is 0.654 bits per heavy atom. The lowest BCUT2D eigenvalue weighted by atomic mass is 10.0. The Morgan fingerprint density at radius 3 is 1.50 bits per heavy atom. The quantitative estimate of drug-likeness (QED) is 0.316. The van der Waals surface area contributed by atoms with Gasteiger partial charge in [0.1, 0.15) is 0 Å². The van der Waals surface area contributed by atoms with E-state index in [0.717, 1.165) is 18.7 Å². The number of nitrogens with zero attached hydrogens (tertiary/aromatic N) is 1. The number of unbranched alkanes of at least 4 members (excludes halogenated alkanes) is 13. The molecule has 0 spiro atoms. The van der Waals surface area contributed by atoms with Crippen LogP contribution in [-0.4, -0.2) is 18.3 Å². The summed E-state index contributed by atoms with van der Waals surface area (Å²) < 4.78 is 0. The molecule has 146 valence electrons. The van der Waals surface area contributed by atoms with Crippen molar-refractivity contribution in [1.29, 1.82) is 5.26 Å². The summed E-state index contributed by atoms with van der Waals surface area (Å²) >= 11 is 0. The van der Waals surface area contributed by atoms with Gasteiger partial charge in [-0.05, 0) is 37.1 Å². The van der Waals surface area contributed by atoms with Crippen LogP contribution in [0.25, 0.3) is 0 Å². The molecule has 0 fully saturated rings. The largest absolute Gasteiger partial charge is 0.396 e. The maximum Gasteiger partial charge on any atom is 0.0991 e. The van der Waals surface area contributed by atoms with Crippen LogP contribution in [0, 0.1) is 11.3 Å². The molecule has 1 aromatic rings. The van der Waals surface area contributed by atoms with Gasteiger partial charge < -0.3 is 10.4 Å². The van der Waals surface area contributed by atoms with E-state index in [1.807, 2.05) is 24.3 Å². The van der Waals surface area contributed by atoms with Gasteiger partial charge in [-0.15, -0.1) is 0 Å². The zero-order valence-electron chi connectivity index (χ0n) is 16.5. The van der Waals surface area contributed by atoms with Crippen molar-refractivity contribution in [3.8, 4) is 6.07 Å². The monoisotopic (exact) mass is 358 g/mol. The number of hydrogen-bond donors (Lipinski definition) is 2. The fourth-order valence-electron chi connectivity index (χ4n) is 3.25. The zero-order valence-corrected chi connectivity index (χ0v) is 16.5. The van der Waals surface area contributed by atoms with Gasteiger partial charge in [0.05, 0.1) is 11.6 Å². The lowest BCUT2D eigenvalue weighted by Gasteiger charge is -2.06. The SMILES string of the molecule is N#Cc1ccc(NCCCCCCCCCCCCCCCCO)cc1. The van der Waals surface area contributed by atoms with Crippen molar-refractivity contribution in [3.05, 3.63) is 29.8 Å². The number of aliphatic hydroxyl groups excluding tert-OH is 1. The molecule has 0 aliphatic rings. The molecule has 1 rings (SSSR count). The van der Waals surface area contributed by atoms with Crippen molar-refractivity contribution in [2.75, 3.05) is 18.5 Å². The summed E-state index contributed by atoms with van der Waals surface area (Å²) in [5.41, 5.74) is 1.82. The molecule has 0 bridgehead atoms. The summed E-state index contributed by atoms with van der Waals surface area (Å²) in [6.45, 7) is 1.37. The lowest BCUT2D eigenvalue weighted by Crippen LogP contribution is -2.01. The van der Waals surface area contributed by atoms with Crippen LogP contribution in [0.4, 0.5) is 5.69 Å². The van der Waals surface area contributed by atoms with Crippen molar-refractivity contribution < 1.29 is 5.11 Å². The molecule has 0 saturated carbocycles. The first kappa shape index (κ1) is 22.5. The second-order valence-electron chi connectivity index (χ2n) is 7.29. The Kier molecular flexibility index (Phi) is 14.6. The number of nitrogens with one attached hydrogen (secondary N) is 1. The molecule has 0 aromatic heterocycles. The first-order chi connectivity index (χ1) is 12.9. The Bertz CT molecular complexity index is 464. The Balaban J connectivity index is 1.77. The summed E-state index contributed by atoms with van der Waals surface area (Å²) in [6.07, 6.45) is 18.4. The number of nitriles is 1. The minimum atomic E-state index is 0.355. The van der Waals surface area contributed by atoms with Gasteiger partial charge in [-0.1, -0.05) is 77.0 Å². The molecule has 3 nitrogen and oxygen atoms in total. The predicted molar refractivity (Wildman–Crippen MR) is 111 cm³/mol. The molecular weight excluding hydrogens is 320 g/mol. The minimum absolute atomic E-state index is 0.355. The van der Waals surface area contributed by atoms with E-state index in [-0.39, 0.29) is 0 Å². The Hall–Kier alpha value is -1.53. The molecule has 0 radical (unpaired) electrons. The van der Waals surface area contributed by atoms with Crippen LogP contribution in [0.2, 0.25) is 0 Å². The predicted octanol–water partition coefficient (Wildman–Crippen LogP) is 6.42. The molecule has 2 N–H and O–H groups in total. The number of hydrogen-bond acceptors (Lipinski definition) is 3. The summed E-state index contributed by atoms with van der Waals surface area (Å²) in [5.74, 6) is 0. The van der Waals surface area contributed by atoms with Crippen LogP contribution in [0.1, 0.15) is 95.5 Å². The van der Waals surface area contributed by atoms with E-state index in [1.54, 1.807) is 0 Å². The van der Waals surface area contributed by atoms with Crippen LogP contribution < -0.4 is 5.32 Å². The van der Waals surface area contributed by atoms with E-state index in [1.165, 1.54) is 83.5 Å². The van der Waals surface area contributed by atoms with Gasteiger partial charge in [-0.25, -0.2) is 0 Å². The highest BCUT2D eigenvalue weighted by Gasteiger charge is 1.96. The van der Waals surface area contributed by atoms with Crippen LogP contribution in [-0.2, 0) is 0 Å². The third-order valence-corrected chi connectivity index (χ3v) is 4.93. The second kappa shape index (κ2) is 16.9. The highest BCUT2D eigenvalue weighted by molar-refractivity contribution is 5.46. The normalized spacial score (nSPS) is 10.6. The molecule has 0 saturated heterocycles. The molecule has 3 heteroatoms. The maximum atomic E-state index is 8.78. The van der Waals surface area contributed by atoms with Crippen molar-refractivity contribution in [2.24, 2.45) is 0 Å². The number of aliphatic hydroxyl groups is 1. The average molecular weight is 359 g/mol. The zero-order chi connectivity index (χ0) is 18.7. The molecular formula is C23H38N2O. The van der Waals surface area contributed by atoms with E-state index >= 15 is 0 Å². The van der Waals surface area contributed by atoms with Gasteiger partial charge in [0, 0.05) is 18.8 Å². The highest BCUT2D eigenvalue weighted by atomic mass is 16.2. The molecule has 0 heterocycles. The number of anilines is 1. The molecule has 0 aliphatic heterocycles. The van der Waals surface area contributed by atoms with Gasteiger partial charge >= 0.3 is 0 Å². The van der Waals surface area contributed by atoms with Gasteiger partial charge in [0.2, 0.25) is 0 Å². The summed E-state index contributed by atoms with van der Waals surface area (Å²) in [6, 6.07) is 9.82. The molecule has 0 unspecified atom stereocenters. The first-order valence-electron chi connectivity index (χ1n) is 10.7. The third kappa shape index (κ3) is 12.8. The van der Waals surface area contributed by atoms with Gasteiger partial charge in [0.15, 0.2) is 0 Å². The fraction of sp³-hybridized carbons (Fsp3) is 0.696. The fourth-order valence-corrected chi connectivity index (χ4v) is 3.25. The van der Waals surface area contributed by atoms with Gasteiger partial charge in [-0.3, -0.25) is 0 Å². The standard InChI is InChI=1S/C23H38N2O/c24-21-22-15-17-23(18-16-22)25-19-13-11-9-7-5-3-1-2-4-6-8-10-12-14-20-26/h15-18,25-26H,1-14,19-20H2. The minimum Gasteiger partial charge on any atom is -0.396 e. The molecule has 26 heavy (non-hydrogen) atoms. The second-order valence-corrected chi connectivity index (χ2v) is 7.29. The van der Waals surface area contributed by atoms with Crippen LogP contribution in [0.3, 0.4) is 0 Å². The maximum absolute atomic E-state index is 8.78. The highest BCUT2D eigenvalue weighted by Crippen LogP contribution is 2.13. The summed E-state index contributed by atoms with van der Waals surface area (Å²) in [4.78, 5) is 0. The number of rotatable bonds is 17. The Labute approximate surface area is 160 Å². The van der Waals surface area contributed by atoms with Gasteiger partial charge in [0.25, 0.3) is 0 Å². The molecule has 1 aromatic carbocycles. The molecule has 0 aliphatic carbocycles. The van der Waals surface area contributed by atoms with E-state index in [9.17, 15) is 0 Å².